The lowest BCUT2D eigenvalue weighted by Crippen LogP contribution is -2.16. The lowest BCUT2D eigenvalue weighted by Gasteiger charge is -2.03. The van der Waals surface area contributed by atoms with Gasteiger partial charge in [-0.2, -0.15) is 0 Å². The van der Waals surface area contributed by atoms with E-state index >= 15 is 0 Å². The van der Waals surface area contributed by atoms with Crippen LogP contribution >= 0.6 is 11.3 Å². The first-order chi connectivity index (χ1) is 9.20. The van der Waals surface area contributed by atoms with Crippen molar-refractivity contribution in [1.82, 2.24) is 10.3 Å². The normalized spacial score (nSPS) is 10.6. The van der Waals surface area contributed by atoms with Crippen molar-refractivity contribution >= 4 is 11.3 Å². The number of thiazole rings is 1. The zero-order valence-corrected chi connectivity index (χ0v) is 12.4. The zero-order chi connectivity index (χ0) is 13.7. The number of nitrogens with one attached hydrogen (secondary N) is 1. The topological polar surface area (TPSA) is 24.9 Å². The number of aromatic nitrogens is 1. The Hall–Kier alpha value is -1.45. The SMILES string of the molecule is C=CCNCCc1nc(-c2ccc(C)cc2C)cs1. The van der Waals surface area contributed by atoms with Gasteiger partial charge in [0, 0.05) is 30.5 Å². The van der Waals surface area contributed by atoms with Crippen molar-refractivity contribution < 1.29 is 0 Å². The molecule has 1 N–H and O–H groups in total. The van der Waals surface area contributed by atoms with Crippen molar-refractivity contribution in [3.8, 4) is 11.3 Å². The van der Waals surface area contributed by atoms with Crippen LogP contribution in [0.25, 0.3) is 11.3 Å². The molecule has 100 valence electrons. The molecule has 0 bridgehead atoms. The van der Waals surface area contributed by atoms with Gasteiger partial charge >= 0.3 is 0 Å². The van der Waals surface area contributed by atoms with Gasteiger partial charge in [-0.1, -0.05) is 29.8 Å². The highest BCUT2D eigenvalue weighted by Crippen LogP contribution is 2.25. The molecule has 0 spiro atoms. The Morgan fingerprint density at radius 1 is 1.37 bits per heavy atom. The second-order valence-electron chi connectivity index (χ2n) is 4.69. The van der Waals surface area contributed by atoms with Crippen LogP contribution in [-0.4, -0.2) is 18.1 Å². The third-order valence-corrected chi connectivity index (χ3v) is 3.92. The predicted octanol–water partition coefficient (Wildman–Crippen LogP) is 3.75. The van der Waals surface area contributed by atoms with Crippen LogP contribution in [0, 0.1) is 13.8 Å². The maximum Gasteiger partial charge on any atom is 0.0945 e. The Morgan fingerprint density at radius 3 is 2.95 bits per heavy atom. The molecule has 0 unspecified atom stereocenters. The molecule has 0 radical (unpaired) electrons. The molecule has 2 nitrogen and oxygen atoms in total. The second kappa shape index (κ2) is 6.64. The maximum absolute atomic E-state index is 4.72. The molecule has 0 aliphatic carbocycles. The molecule has 2 rings (SSSR count). The first-order valence-corrected chi connectivity index (χ1v) is 7.42. The molecule has 0 aliphatic heterocycles. The van der Waals surface area contributed by atoms with Crippen LogP contribution in [0.1, 0.15) is 16.1 Å². The summed E-state index contributed by atoms with van der Waals surface area (Å²) in [6, 6.07) is 6.52. The third kappa shape index (κ3) is 3.75. The van der Waals surface area contributed by atoms with Gasteiger partial charge in [0.1, 0.15) is 0 Å². The van der Waals surface area contributed by atoms with Gasteiger partial charge in [0.15, 0.2) is 0 Å². The fraction of sp³-hybridized carbons (Fsp3) is 0.312. The lowest BCUT2D eigenvalue weighted by atomic mass is 10.0. The van der Waals surface area contributed by atoms with Crippen molar-refractivity contribution in [2.75, 3.05) is 13.1 Å². The van der Waals surface area contributed by atoms with E-state index in [9.17, 15) is 0 Å². The van der Waals surface area contributed by atoms with E-state index < -0.39 is 0 Å². The van der Waals surface area contributed by atoms with Crippen LogP contribution in [0.5, 0.6) is 0 Å². The molecule has 0 saturated carbocycles. The van der Waals surface area contributed by atoms with Gasteiger partial charge in [0.25, 0.3) is 0 Å². The van der Waals surface area contributed by atoms with Gasteiger partial charge in [0.2, 0.25) is 0 Å². The van der Waals surface area contributed by atoms with Gasteiger partial charge < -0.3 is 5.32 Å². The van der Waals surface area contributed by atoms with E-state index in [-0.39, 0.29) is 0 Å². The summed E-state index contributed by atoms with van der Waals surface area (Å²) in [6.45, 7) is 9.76. The van der Waals surface area contributed by atoms with Crippen LogP contribution in [0.2, 0.25) is 0 Å². The number of rotatable bonds is 6. The molecule has 1 heterocycles. The summed E-state index contributed by atoms with van der Waals surface area (Å²) in [7, 11) is 0. The van der Waals surface area contributed by atoms with Gasteiger partial charge in [-0.3, -0.25) is 0 Å². The second-order valence-corrected chi connectivity index (χ2v) is 5.63. The number of hydrogen-bond donors (Lipinski definition) is 1. The van der Waals surface area contributed by atoms with E-state index in [1.54, 1.807) is 11.3 Å². The molecule has 0 atom stereocenters. The zero-order valence-electron chi connectivity index (χ0n) is 11.6. The quantitative estimate of drug-likeness (QED) is 0.640. The van der Waals surface area contributed by atoms with Gasteiger partial charge in [-0.15, -0.1) is 17.9 Å². The average Bonchev–Trinajstić information content (AvgIpc) is 2.83. The Kier molecular flexibility index (Phi) is 4.88. The minimum absolute atomic E-state index is 0.856. The molecular formula is C16H20N2S. The Morgan fingerprint density at radius 2 is 2.21 bits per heavy atom. The molecule has 0 saturated heterocycles. The van der Waals surface area contributed by atoms with E-state index in [1.165, 1.54) is 21.7 Å². The largest absolute Gasteiger partial charge is 0.313 e. The smallest absolute Gasteiger partial charge is 0.0945 e. The number of nitrogens with zero attached hydrogens (tertiary/aromatic N) is 1. The summed E-state index contributed by atoms with van der Waals surface area (Å²) in [5, 5.41) is 6.64. The first kappa shape index (κ1) is 14.0. The molecule has 1 aromatic heterocycles. The molecule has 0 aliphatic rings. The summed E-state index contributed by atoms with van der Waals surface area (Å²) in [5.74, 6) is 0. The molecule has 0 amide bonds. The average molecular weight is 272 g/mol. The van der Waals surface area contributed by atoms with Crippen LogP contribution in [0.4, 0.5) is 0 Å². The van der Waals surface area contributed by atoms with Gasteiger partial charge in [-0.25, -0.2) is 4.98 Å². The Labute approximate surface area is 119 Å². The highest BCUT2D eigenvalue weighted by Gasteiger charge is 2.07. The highest BCUT2D eigenvalue weighted by atomic mass is 32.1. The molecule has 19 heavy (non-hydrogen) atoms. The standard InChI is InChI=1S/C16H20N2S/c1-4-8-17-9-7-16-18-15(11-19-16)14-6-5-12(2)10-13(14)3/h4-6,10-11,17H,1,7-9H2,2-3H3. The number of benzene rings is 1. The van der Waals surface area contributed by atoms with E-state index in [2.05, 4.69) is 49.3 Å². The van der Waals surface area contributed by atoms with E-state index in [1.807, 2.05) is 6.08 Å². The van der Waals surface area contributed by atoms with Gasteiger partial charge in [-0.05, 0) is 19.4 Å². The fourth-order valence-corrected chi connectivity index (χ4v) is 2.85. The van der Waals surface area contributed by atoms with Crippen LogP contribution in [-0.2, 0) is 6.42 Å². The minimum atomic E-state index is 0.856. The van der Waals surface area contributed by atoms with Crippen molar-refractivity contribution in [3.05, 3.63) is 52.4 Å². The summed E-state index contributed by atoms with van der Waals surface area (Å²) in [4.78, 5) is 4.72. The highest BCUT2D eigenvalue weighted by molar-refractivity contribution is 7.09. The van der Waals surface area contributed by atoms with Crippen molar-refractivity contribution in [2.45, 2.75) is 20.3 Å². The monoisotopic (exact) mass is 272 g/mol. The summed E-state index contributed by atoms with van der Waals surface area (Å²) in [6.07, 6.45) is 2.85. The van der Waals surface area contributed by atoms with Gasteiger partial charge in [0.05, 0.1) is 10.7 Å². The van der Waals surface area contributed by atoms with Crippen molar-refractivity contribution in [2.24, 2.45) is 0 Å². The van der Waals surface area contributed by atoms with E-state index in [0.717, 1.165) is 25.2 Å². The molecule has 0 fully saturated rings. The third-order valence-electron chi connectivity index (χ3n) is 3.01. The minimum Gasteiger partial charge on any atom is -0.313 e. The lowest BCUT2D eigenvalue weighted by molar-refractivity contribution is 0.742. The summed E-state index contributed by atoms with van der Waals surface area (Å²) >= 11 is 1.74. The molecular weight excluding hydrogens is 252 g/mol. The van der Waals surface area contributed by atoms with Crippen LogP contribution in [0.3, 0.4) is 0 Å². The molecule has 3 heteroatoms. The van der Waals surface area contributed by atoms with Crippen LogP contribution < -0.4 is 5.32 Å². The summed E-state index contributed by atoms with van der Waals surface area (Å²) < 4.78 is 0. The molecule has 2 aromatic rings. The first-order valence-electron chi connectivity index (χ1n) is 6.54. The summed E-state index contributed by atoms with van der Waals surface area (Å²) in [5.41, 5.74) is 4.93. The number of aryl methyl sites for hydroxylation is 2. The molecule has 1 aromatic carbocycles. The van der Waals surface area contributed by atoms with Crippen LogP contribution in [0.15, 0.2) is 36.2 Å². The van der Waals surface area contributed by atoms with E-state index in [0.29, 0.717) is 0 Å². The number of hydrogen-bond acceptors (Lipinski definition) is 3. The van der Waals surface area contributed by atoms with Crippen molar-refractivity contribution in [1.29, 1.82) is 0 Å². The fourth-order valence-electron chi connectivity index (χ4n) is 2.05. The Bertz CT molecular complexity index is 558. The van der Waals surface area contributed by atoms with Crippen molar-refractivity contribution in [3.63, 3.8) is 0 Å². The Balaban J connectivity index is 2.05. The maximum atomic E-state index is 4.72. The van der Waals surface area contributed by atoms with E-state index in [4.69, 9.17) is 4.98 Å². The predicted molar refractivity (Wildman–Crippen MR) is 83.8 cm³/mol.